The first-order chi connectivity index (χ1) is 9.78. The van der Waals surface area contributed by atoms with E-state index in [-0.39, 0.29) is 24.0 Å². The third-order valence-electron chi connectivity index (χ3n) is 2.69. The van der Waals surface area contributed by atoms with E-state index < -0.39 is 0 Å². The van der Waals surface area contributed by atoms with Gasteiger partial charge in [0.1, 0.15) is 0 Å². The molecule has 0 bridgehead atoms. The number of guanidine groups is 1. The highest BCUT2D eigenvalue weighted by molar-refractivity contribution is 14.0. The van der Waals surface area contributed by atoms with Crippen molar-refractivity contribution < 1.29 is 0 Å². The number of aliphatic imine (C=N–C) groups is 1. The van der Waals surface area contributed by atoms with Gasteiger partial charge in [0.2, 0.25) is 0 Å². The van der Waals surface area contributed by atoms with Crippen LogP contribution in [0.2, 0.25) is 0 Å². The van der Waals surface area contributed by atoms with Gasteiger partial charge in [-0.05, 0) is 41.1 Å². The van der Waals surface area contributed by atoms with Crippen LogP contribution in [0.4, 0.5) is 0 Å². The molecule has 2 aromatic rings. The molecule has 7 heteroatoms. The van der Waals surface area contributed by atoms with Gasteiger partial charge in [0.05, 0.1) is 6.54 Å². The van der Waals surface area contributed by atoms with Crippen LogP contribution < -0.4 is 10.6 Å². The van der Waals surface area contributed by atoms with Crippen molar-refractivity contribution in [3.8, 4) is 0 Å². The average molecular weight is 483 g/mol. The molecule has 0 aliphatic rings. The van der Waals surface area contributed by atoms with Gasteiger partial charge in [-0.25, -0.2) is 4.99 Å². The fraction of sp³-hybridized carbons (Fsp3) is 0.357. The molecule has 0 aliphatic carbocycles. The number of thiophene rings is 1. The molecule has 2 rings (SSSR count). The minimum atomic E-state index is 0. The number of nitrogens with one attached hydrogen (secondary N) is 2. The van der Waals surface area contributed by atoms with E-state index in [4.69, 9.17) is 0 Å². The minimum Gasteiger partial charge on any atom is -0.357 e. The van der Waals surface area contributed by atoms with Crippen molar-refractivity contribution in [2.75, 3.05) is 13.1 Å². The Kier molecular flexibility index (Phi) is 9.02. The normalized spacial score (nSPS) is 11.0. The highest BCUT2D eigenvalue weighted by Gasteiger charge is 1.99. The second-order valence-electron chi connectivity index (χ2n) is 4.27. The van der Waals surface area contributed by atoms with E-state index >= 15 is 0 Å². The first-order valence-corrected chi connectivity index (χ1v) is 8.31. The van der Waals surface area contributed by atoms with Crippen molar-refractivity contribution >= 4 is 57.2 Å². The van der Waals surface area contributed by atoms with Crippen LogP contribution in [0.5, 0.6) is 0 Å². The van der Waals surface area contributed by atoms with Crippen molar-refractivity contribution in [1.82, 2.24) is 15.2 Å². The molecule has 0 fully saturated rings. The van der Waals surface area contributed by atoms with E-state index in [0.29, 0.717) is 6.54 Å². The lowest BCUT2D eigenvalue weighted by Crippen LogP contribution is -2.38. The topological polar surface area (TPSA) is 41.4 Å². The molecule has 0 aliphatic heterocycles. The summed E-state index contributed by atoms with van der Waals surface area (Å²) in [5.74, 6) is 0.865. The van der Waals surface area contributed by atoms with Crippen LogP contribution >= 0.6 is 51.2 Å². The van der Waals surface area contributed by atoms with Crippen LogP contribution in [0.15, 0.2) is 45.4 Å². The Hall–Kier alpha value is -0.540. The lowest BCUT2D eigenvalue weighted by molar-refractivity contribution is 0.666. The summed E-state index contributed by atoms with van der Waals surface area (Å²) in [7, 11) is 0. The molecule has 2 N–H and O–H groups in total. The highest BCUT2D eigenvalue weighted by Crippen LogP contribution is 2.20. The summed E-state index contributed by atoms with van der Waals surface area (Å²) in [5.41, 5.74) is 0. The number of rotatable bonds is 6. The third kappa shape index (κ3) is 6.84. The van der Waals surface area contributed by atoms with Crippen LogP contribution in [-0.2, 0) is 13.1 Å². The van der Waals surface area contributed by atoms with Crippen LogP contribution in [0.3, 0.4) is 0 Å². The standard InChI is InChI=1S/C14H19BrN4S.HI/c1-2-16-14(17-5-8-19-6-3-4-7-19)18-10-13-9-12(15)11-20-13;/h3-4,6-7,9,11H,2,5,8,10H2,1H3,(H2,16,17,18);1H. The zero-order valence-electron chi connectivity index (χ0n) is 11.9. The second-order valence-corrected chi connectivity index (χ2v) is 6.19. The summed E-state index contributed by atoms with van der Waals surface area (Å²) in [6.45, 7) is 5.43. The molecular formula is C14H20BrIN4S. The Labute approximate surface area is 155 Å². The summed E-state index contributed by atoms with van der Waals surface area (Å²) in [6, 6.07) is 6.18. The van der Waals surface area contributed by atoms with E-state index in [2.05, 4.69) is 66.9 Å². The quantitative estimate of drug-likeness (QED) is 0.374. The molecule has 0 spiro atoms. The zero-order chi connectivity index (χ0) is 14.2. The third-order valence-corrected chi connectivity index (χ3v) is 4.37. The molecular weight excluding hydrogens is 463 g/mol. The lowest BCUT2D eigenvalue weighted by atomic mass is 10.5. The molecule has 4 nitrogen and oxygen atoms in total. The van der Waals surface area contributed by atoms with Crippen molar-refractivity contribution in [3.05, 3.63) is 45.3 Å². The van der Waals surface area contributed by atoms with Gasteiger partial charge in [-0.15, -0.1) is 35.3 Å². The number of aromatic nitrogens is 1. The first-order valence-electron chi connectivity index (χ1n) is 6.64. The van der Waals surface area contributed by atoms with Gasteiger partial charge < -0.3 is 15.2 Å². The lowest BCUT2D eigenvalue weighted by Gasteiger charge is -2.11. The Morgan fingerprint density at radius 2 is 2.10 bits per heavy atom. The summed E-state index contributed by atoms with van der Waals surface area (Å²) >= 11 is 5.18. The van der Waals surface area contributed by atoms with E-state index in [1.54, 1.807) is 11.3 Å². The predicted octanol–water partition coefficient (Wildman–Crippen LogP) is 3.69. The second kappa shape index (κ2) is 10.2. The van der Waals surface area contributed by atoms with Gasteiger partial charge in [0.25, 0.3) is 0 Å². The summed E-state index contributed by atoms with van der Waals surface area (Å²) in [4.78, 5) is 5.84. The first kappa shape index (κ1) is 18.5. The molecule has 0 saturated heterocycles. The van der Waals surface area contributed by atoms with Gasteiger partial charge in [0.15, 0.2) is 5.96 Å². The van der Waals surface area contributed by atoms with E-state index in [1.165, 1.54) is 4.88 Å². The monoisotopic (exact) mass is 482 g/mol. The minimum absolute atomic E-state index is 0. The molecule has 0 amide bonds. The van der Waals surface area contributed by atoms with Crippen molar-refractivity contribution in [1.29, 1.82) is 0 Å². The molecule has 0 aromatic carbocycles. The van der Waals surface area contributed by atoms with Gasteiger partial charge in [-0.2, -0.15) is 0 Å². The van der Waals surface area contributed by atoms with Gasteiger partial charge >= 0.3 is 0 Å². The fourth-order valence-corrected chi connectivity index (χ4v) is 3.13. The maximum Gasteiger partial charge on any atom is 0.191 e. The molecule has 21 heavy (non-hydrogen) atoms. The SMILES string of the molecule is CCNC(=NCc1cc(Br)cs1)NCCn1cccc1.I. The molecule has 0 saturated carbocycles. The van der Waals surface area contributed by atoms with Gasteiger partial charge in [-0.3, -0.25) is 0 Å². The number of hydrogen-bond acceptors (Lipinski definition) is 2. The molecule has 0 atom stereocenters. The molecule has 0 unspecified atom stereocenters. The van der Waals surface area contributed by atoms with E-state index in [0.717, 1.165) is 30.1 Å². The van der Waals surface area contributed by atoms with Crippen LogP contribution in [0, 0.1) is 0 Å². The molecule has 116 valence electrons. The van der Waals surface area contributed by atoms with Gasteiger partial charge in [0, 0.05) is 46.8 Å². The Morgan fingerprint density at radius 1 is 1.33 bits per heavy atom. The van der Waals surface area contributed by atoms with Gasteiger partial charge in [-0.1, -0.05) is 0 Å². The van der Waals surface area contributed by atoms with Crippen molar-refractivity contribution in [2.24, 2.45) is 4.99 Å². The van der Waals surface area contributed by atoms with E-state index in [1.807, 2.05) is 12.1 Å². The Bertz CT molecular complexity index is 539. The average Bonchev–Trinajstić information content (AvgIpc) is 3.07. The number of nitrogens with zero attached hydrogens (tertiary/aromatic N) is 2. The number of halogens is 2. The number of hydrogen-bond donors (Lipinski definition) is 2. The van der Waals surface area contributed by atoms with Crippen LogP contribution in [-0.4, -0.2) is 23.6 Å². The Morgan fingerprint density at radius 3 is 2.71 bits per heavy atom. The molecule has 2 heterocycles. The van der Waals surface area contributed by atoms with E-state index in [9.17, 15) is 0 Å². The van der Waals surface area contributed by atoms with Crippen molar-refractivity contribution in [2.45, 2.75) is 20.0 Å². The summed E-state index contributed by atoms with van der Waals surface area (Å²) in [5, 5.41) is 8.69. The maximum atomic E-state index is 4.59. The summed E-state index contributed by atoms with van der Waals surface area (Å²) < 4.78 is 3.27. The predicted molar refractivity (Wildman–Crippen MR) is 105 cm³/mol. The Balaban J connectivity index is 0.00000220. The van der Waals surface area contributed by atoms with Crippen LogP contribution in [0.1, 0.15) is 11.8 Å². The fourth-order valence-electron chi connectivity index (χ4n) is 1.76. The summed E-state index contributed by atoms with van der Waals surface area (Å²) in [6.07, 6.45) is 4.13. The molecule has 2 aromatic heterocycles. The van der Waals surface area contributed by atoms with Crippen molar-refractivity contribution in [3.63, 3.8) is 0 Å². The van der Waals surface area contributed by atoms with Crippen LogP contribution in [0.25, 0.3) is 0 Å². The maximum absolute atomic E-state index is 4.59. The smallest absolute Gasteiger partial charge is 0.191 e. The largest absolute Gasteiger partial charge is 0.357 e. The molecule has 0 radical (unpaired) electrons. The zero-order valence-corrected chi connectivity index (χ0v) is 16.6. The highest BCUT2D eigenvalue weighted by atomic mass is 127.